The molecule has 1 aliphatic heterocycles. The van der Waals surface area contributed by atoms with Gasteiger partial charge in [-0.05, 0) is 18.8 Å². The van der Waals surface area contributed by atoms with E-state index in [-0.39, 0.29) is 6.04 Å². The second-order valence-electron chi connectivity index (χ2n) is 6.74. The minimum Gasteiger partial charge on any atom is -0.340 e. The van der Waals surface area contributed by atoms with E-state index >= 15 is 0 Å². The highest BCUT2D eigenvalue weighted by atomic mass is 16.2. The fourth-order valence-electron chi connectivity index (χ4n) is 3.64. The molecule has 0 unspecified atom stereocenters. The molecule has 22 heavy (non-hydrogen) atoms. The van der Waals surface area contributed by atoms with Crippen LogP contribution in [0.4, 0.5) is 0 Å². The summed E-state index contributed by atoms with van der Waals surface area (Å²) in [7, 11) is 1.94. The van der Waals surface area contributed by atoms with Gasteiger partial charge in [0.15, 0.2) is 0 Å². The summed E-state index contributed by atoms with van der Waals surface area (Å²) in [5.74, 6) is 0.698. The highest BCUT2D eigenvalue weighted by Gasteiger charge is 2.29. The van der Waals surface area contributed by atoms with Crippen LogP contribution in [0.5, 0.6) is 0 Å². The highest BCUT2D eigenvalue weighted by Crippen LogP contribution is 2.27. The fraction of sp³-hybridized carbons (Fsp3) is 0.750. The molecule has 0 aromatic carbocycles. The average molecular weight is 305 g/mol. The van der Waals surface area contributed by atoms with Gasteiger partial charge in [-0.15, -0.1) is 0 Å². The summed E-state index contributed by atoms with van der Waals surface area (Å²) < 4.78 is 1.83. The SMILES string of the molecule is Cn1cc(CN2CCN(C(=O)C[C@@H]3CCC[C@H]3N)CC2)cn1. The Labute approximate surface area is 132 Å². The molecule has 2 aliphatic rings. The largest absolute Gasteiger partial charge is 0.340 e. The van der Waals surface area contributed by atoms with Crippen molar-refractivity contribution in [3.05, 3.63) is 18.0 Å². The minimum absolute atomic E-state index is 0.232. The number of hydrogen-bond donors (Lipinski definition) is 1. The number of aromatic nitrogens is 2. The average Bonchev–Trinajstić information content (AvgIpc) is 3.09. The maximum atomic E-state index is 12.4. The van der Waals surface area contributed by atoms with Gasteiger partial charge in [0.2, 0.25) is 5.91 Å². The van der Waals surface area contributed by atoms with Gasteiger partial charge in [0.25, 0.3) is 0 Å². The second-order valence-corrected chi connectivity index (χ2v) is 6.74. The Kier molecular flexibility index (Phi) is 4.78. The van der Waals surface area contributed by atoms with E-state index in [1.54, 1.807) is 0 Å². The lowest BCUT2D eigenvalue weighted by Gasteiger charge is -2.35. The molecular weight excluding hydrogens is 278 g/mol. The monoisotopic (exact) mass is 305 g/mol. The van der Waals surface area contributed by atoms with Crippen LogP contribution in [0.3, 0.4) is 0 Å². The van der Waals surface area contributed by atoms with Gasteiger partial charge in [-0.2, -0.15) is 5.10 Å². The third-order valence-electron chi connectivity index (χ3n) is 5.04. The fourth-order valence-corrected chi connectivity index (χ4v) is 3.64. The maximum absolute atomic E-state index is 12.4. The molecule has 122 valence electrons. The van der Waals surface area contributed by atoms with Crippen molar-refractivity contribution in [2.75, 3.05) is 26.2 Å². The van der Waals surface area contributed by atoms with Gasteiger partial charge in [-0.1, -0.05) is 6.42 Å². The van der Waals surface area contributed by atoms with E-state index in [0.717, 1.165) is 45.6 Å². The molecule has 1 amide bonds. The van der Waals surface area contributed by atoms with Crippen LogP contribution < -0.4 is 5.73 Å². The molecule has 2 heterocycles. The number of nitrogens with two attached hydrogens (primary N) is 1. The molecule has 0 bridgehead atoms. The van der Waals surface area contributed by atoms with Gasteiger partial charge in [-0.25, -0.2) is 0 Å². The van der Waals surface area contributed by atoms with Crippen LogP contribution in [0.25, 0.3) is 0 Å². The van der Waals surface area contributed by atoms with Crippen LogP contribution in [-0.2, 0) is 18.4 Å². The minimum atomic E-state index is 0.232. The molecular formula is C16H27N5O. The van der Waals surface area contributed by atoms with Crippen LogP contribution in [0.15, 0.2) is 12.4 Å². The Hall–Kier alpha value is -1.40. The molecule has 2 fully saturated rings. The topological polar surface area (TPSA) is 67.4 Å². The van der Waals surface area contributed by atoms with Crippen LogP contribution >= 0.6 is 0 Å². The van der Waals surface area contributed by atoms with Gasteiger partial charge >= 0.3 is 0 Å². The van der Waals surface area contributed by atoms with E-state index < -0.39 is 0 Å². The summed E-state index contributed by atoms with van der Waals surface area (Å²) in [5.41, 5.74) is 7.32. The number of carbonyl (C=O) groups is 1. The molecule has 1 aliphatic carbocycles. The van der Waals surface area contributed by atoms with Gasteiger partial charge < -0.3 is 10.6 Å². The van der Waals surface area contributed by atoms with E-state index in [9.17, 15) is 4.79 Å². The summed E-state index contributed by atoms with van der Waals surface area (Å²) in [6.45, 7) is 4.47. The number of carbonyl (C=O) groups excluding carboxylic acids is 1. The predicted octanol–water partition coefficient (Wildman–Crippen LogP) is 0.582. The number of aryl methyl sites for hydroxylation is 1. The van der Waals surface area contributed by atoms with Crippen molar-refractivity contribution in [1.82, 2.24) is 19.6 Å². The van der Waals surface area contributed by atoms with Crippen LogP contribution in [0.1, 0.15) is 31.2 Å². The predicted molar refractivity (Wildman–Crippen MR) is 85.0 cm³/mol. The summed E-state index contributed by atoms with van der Waals surface area (Å²) in [4.78, 5) is 16.8. The Morgan fingerprint density at radius 3 is 2.68 bits per heavy atom. The van der Waals surface area contributed by atoms with E-state index in [1.165, 1.54) is 12.0 Å². The van der Waals surface area contributed by atoms with Gasteiger partial charge in [-0.3, -0.25) is 14.4 Å². The van der Waals surface area contributed by atoms with Crippen LogP contribution in [-0.4, -0.2) is 57.7 Å². The number of amides is 1. The standard InChI is InChI=1S/C16H27N5O/c1-19-11-13(10-18-19)12-20-5-7-21(8-6-20)16(22)9-14-3-2-4-15(14)17/h10-11,14-15H,2-9,12,17H2,1H3/t14-,15+/m0/s1. The third-order valence-corrected chi connectivity index (χ3v) is 5.04. The molecule has 1 saturated heterocycles. The lowest BCUT2D eigenvalue weighted by Crippen LogP contribution is -2.48. The number of rotatable bonds is 4. The van der Waals surface area contributed by atoms with Gasteiger partial charge in [0.1, 0.15) is 0 Å². The molecule has 6 nitrogen and oxygen atoms in total. The molecule has 1 aromatic heterocycles. The smallest absolute Gasteiger partial charge is 0.222 e. The first-order valence-corrected chi connectivity index (χ1v) is 8.35. The van der Waals surface area contributed by atoms with E-state index in [0.29, 0.717) is 18.2 Å². The Bertz CT molecular complexity index is 506. The Morgan fingerprint density at radius 1 is 1.32 bits per heavy atom. The van der Waals surface area contributed by atoms with Crippen molar-refractivity contribution < 1.29 is 4.79 Å². The van der Waals surface area contributed by atoms with Crippen molar-refractivity contribution in [3.8, 4) is 0 Å². The van der Waals surface area contributed by atoms with Crippen molar-refractivity contribution in [3.63, 3.8) is 0 Å². The Balaban J connectivity index is 1.44. The zero-order valence-electron chi connectivity index (χ0n) is 13.4. The summed E-state index contributed by atoms with van der Waals surface area (Å²) in [5, 5.41) is 4.20. The zero-order valence-corrected chi connectivity index (χ0v) is 13.4. The lowest BCUT2D eigenvalue weighted by atomic mass is 9.99. The molecule has 2 N–H and O–H groups in total. The normalized spacial score (nSPS) is 26.5. The van der Waals surface area contributed by atoms with E-state index in [1.807, 2.05) is 22.8 Å². The van der Waals surface area contributed by atoms with Crippen molar-refractivity contribution in [1.29, 1.82) is 0 Å². The first-order valence-electron chi connectivity index (χ1n) is 8.35. The third kappa shape index (κ3) is 3.67. The maximum Gasteiger partial charge on any atom is 0.222 e. The Morgan fingerprint density at radius 2 is 2.09 bits per heavy atom. The van der Waals surface area contributed by atoms with Crippen molar-refractivity contribution in [2.45, 2.75) is 38.3 Å². The zero-order chi connectivity index (χ0) is 15.5. The van der Waals surface area contributed by atoms with Crippen LogP contribution in [0.2, 0.25) is 0 Å². The molecule has 1 aromatic rings. The quantitative estimate of drug-likeness (QED) is 0.884. The van der Waals surface area contributed by atoms with E-state index in [4.69, 9.17) is 5.73 Å². The van der Waals surface area contributed by atoms with Gasteiger partial charge in [0.05, 0.1) is 6.20 Å². The number of nitrogens with zero attached hydrogens (tertiary/aromatic N) is 4. The van der Waals surface area contributed by atoms with Crippen LogP contribution in [0, 0.1) is 5.92 Å². The summed E-state index contributed by atoms with van der Waals surface area (Å²) >= 11 is 0. The molecule has 3 rings (SSSR count). The van der Waals surface area contributed by atoms with Gasteiger partial charge in [0, 0.05) is 64.0 Å². The molecule has 1 saturated carbocycles. The first kappa shape index (κ1) is 15.5. The molecule has 0 spiro atoms. The van der Waals surface area contributed by atoms with Crippen molar-refractivity contribution >= 4 is 5.91 Å². The highest BCUT2D eigenvalue weighted by molar-refractivity contribution is 5.76. The molecule has 0 radical (unpaired) electrons. The number of hydrogen-bond acceptors (Lipinski definition) is 4. The molecule has 2 atom stereocenters. The lowest BCUT2D eigenvalue weighted by molar-refractivity contribution is -0.134. The number of piperazine rings is 1. The van der Waals surface area contributed by atoms with E-state index in [2.05, 4.69) is 16.2 Å². The summed E-state index contributed by atoms with van der Waals surface area (Å²) in [6, 6.07) is 0.232. The molecule has 6 heteroatoms. The first-order chi connectivity index (χ1) is 10.6. The summed E-state index contributed by atoms with van der Waals surface area (Å²) in [6.07, 6.45) is 7.99. The second kappa shape index (κ2) is 6.79. The van der Waals surface area contributed by atoms with Crippen molar-refractivity contribution in [2.24, 2.45) is 18.7 Å².